The van der Waals surface area contributed by atoms with E-state index >= 15 is 0 Å². The average molecular weight is 531 g/mol. The number of aromatic nitrogens is 2. The molecule has 12 heteroatoms. The van der Waals surface area contributed by atoms with Crippen LogP contribution in [0, 0.1) is 6.92 Å². The van der Waals surface area contributed by atoms with Crippen LogP contribution in [0.5, 0.6) is 0 Å². The van der Waals surface area contributed by atoms with Gasteiger partial charge in [0.2, 0.25) is 11.0 Å². The molecule has 2 heterocycles. The molecule has 0 saturated heterocycles. The van der Waals surface area contributed by atoms with Crippen molar-refractivity contribution in [2.45, 2.75) is 41.8 Å². The lowest BCUT2D eigenvalue weighted by molar-refractivity contribution is -0.113. The molecule has 0 unspecified atom stereocenters. The Morgan fingerprint density at radius 1 is 1.06 bits per heavy atom. The summed E-state index contributed by atoms with van der Waals surface area (Å²) in [4.78, 5) is 16.9. The van der Waals surface area contributed by atoms with Gasteiger partial charge in [-0.2, -0.15) is 0 Å². The van der Waals surface area contributed by atoms with Gasteiger partial charge in [0.05, 0.1) is 10.6 Å². The lowest BCUT2D eigenvalue weighted by atomic mass is 10.2. The molecule has 1 aromatic heterocycles. The van der Waals surface area contributed by atoms with Gasteiger partial charge < -0.3 is 10.6 Å². The second-order valence-corrected chi connectivity index (χ2v) is 11.9. The standard InChI is InChI=1S/C23H26N6O3S3/c1-16-9-11-17(12-10-16)26-22-27-28-23(34-22)33-15-21(30)25-18-6-5-7-19(14-18)35(31,32)29-20-8-3-2-4-13-24-20/h5-7,9-12,14H,2-4,8,13,15H2,1H3,(H,24,29)(H,25,30)(H,26,27). The molecule has 1 aliphatic heterocycles. The molecule has 4 rings (SSSR count). The molecule has 2 aromatic carbocycles. The quantitative estimate of drug-likeness (QED) is 0.364. The minimum Gasteiger partial charge on any atom is -0.330 e. The molecular formula is C23H26N6O3S3. The number of rotatable bonds is 8. The Hall–Kier alpha value is -2.96. The van der Waals surface area contributed by atoms with Gasteiger partial charge in [0.25, 0.3) is 10.0 Å². The van der Waals surface area contributed by atoms with Crippen LogP contribution in [0.4, 0.5) is 16.5 Å². The van der Waals surface area contributed by atoms with Crippen LogP contribution >= 0.6 is 23.1 Å². The highest BCUT2D eigenvalue weighted by Gasteiger charge is 2.18. The first-order chi connectivity index (χ1) is 16.9. The number of sulfonamides is 1. The summed E-state index contributed by atoms with van der Waals surface area (Å²) < 4.78 is 28.8. The fraction of sp³-hybridized carbons (Fsp3) is 0.304. The Morgan fingerprint density at radius 2 is 1.89 bits per heavy atom. The van der Waals surface area contributed by atoms with Crippen LogP contribution in [-0.2, 0) is 14.8 Å². The van der Waals surface area contributed by atoms with Crippen LogP contribution in [0.1, 0.15) is 31.2 Å². The van der Waals surface area contributed by atoms with Gasteiger partial charge in [0.15, 0.2) is 4.34 Å². The molecular weight excluding hydrogens is 504 g/mol. The molecule has 184 valence electrons. The average Bonchev–Trinajstić information content (AvgIpc) is 3.13. The van der Waals surface area contributed by atoms with Crippen LogP contribution in [-0.4, -0.2) is 42.7 Å². The summed E-state index contributed by atoms with van der Waals surface area (Å²) in [6.45, 7) is 2.65. The molecule has 0 spiro atoms. The van der Waals surface area contributed by atoms with Gasteiger partial charge in [-0.25, -0.2) is 8.42 Å². The minimum absolute atomic E-state index is 0.0749. The number of hydrogen-bond donors (Lipinski definition) is 3. The highest BCUT2D eigenvalue weighted by Crippen LogP contribution is 2.28. The summed E-state index contributed by atoms with van der Waals surface area (Å²) in [5, 5.41) is 14.8. The number of nitrogens with one attached hydrogen (secondary N) is 3. The number of hydrogen-bond acceptors (Lipinski definition) is 9. The van der Waals surface area contributed by atoms with Crippen molar-refractivity contribution in [1.29, 1.82) is 0 Å². The number of aliphatic imine (C=N–C) groups is 1. The summed E-state index contributed by atoms with van der Waals surface area (Å²) in [5.41, 5.74) is 2.49. The van der Waals surface area contributed by atoms with E-state index in [0.717, 1.165) is 24.9 Å². The van der Waals surface area contributed by atoms with Crippen molar-refractivity contribution in [3.05, 3.63) is 54.1 Å². The molecule has 1 aliphatic rings. The lowest BCUT2D eigenvalue weighted by Crippen LogP contribution is -2.30. The van der Waals surface area contributed by atoms with Gasteiger partial charge in [0.1, 0.15) is 5.84 Å². The number of carbonyl (C=O) groups is 1. The van der Waals surface area contributed by atoms with E-state index in [-0.39, 0.29) is 16.6 Å². The zero-order valence-electron chi connectivity index (χ0n) is 19.2. The Kier molecular flexibility index (Phi) is 8.37. The van der Waals surface area contributed by atoms with E-state index in [1.807, 2.05) is 31.2 Å². The van der Waals surface area contributed by atoms with E-state index in [1.165, 1.54) is 40.8 Å². The maximum absolute atomic E-state index is 12.8. The Morgan fingerprint density at radius 3 is 2.71 bits per heavy atom. The van der Waals surface area contributed by atoms with Crippen molar-refractivity contribution in [1.82, 2.24) is 14.9 Å². The predicted octanol–water partition coefficient (Wildman–Crippen LogP) is 4.57. The first-order valence-electron chi connectivity index (χ1n) is 11.1. The highest BCUT2D eigenvalue weighted by atomic mass is 32.2. The van der Waals surface area contributed by atoms with Gasteiger partial charge >= 0.3 is 0 Å². The predicted molar refractivity (Wildman–Crippen MR) is 141 cm³/mol. The van der Waals surface area contributed by atoms with Crippen molar-refractivity contribution in [3.63, 3.8) is 0 Å². The van der Waals surface area contributed by atoms with Gasteiger partial charge in [0, 0.05) is 24.3 Å². The first kappa shape index (κ1) is 25.1. The molecule has 0 atom stereocenters. The number of benzene rings is 2. The summed E-state index contributed by atoms with van der Waals surface area (Å²) in [6.07, 6.45) is 3.52. The third-order valence-corrected chi connectivity index (χ3v) is 8.44. The minimum atomic E-state index is -3.78. The zero-order valence-corrected chi connectivity index (χ0v) is 21.6. The maximum atomic E-state index is 12.8. The van der Waals surface area contributed by atoms with Crippen LogP contribution < -0.4 is 15.4 Å². The number of anilines is 3. The van der Waals surface area contributed by atoms with Crippen molar-refractivity contribution in [2.24, 2.45) is 4.99 Å². The van der Waals surface area contributed by atoms with Crippen molar-refractivity contribution < 1.29 is 13.2 Å². The smallest absolute Gasteiger partial charge is 0.262 e. The molecule has 0 bridgehead atoms. The van der Waals surface area contributed by atoms with Gasteiger partial charge in [-0.3, -0.25) is 14.5 Å². The highest BCUT2D eigenvalue weighted by molar-refractivity contribution is 8.01. The molecule has 0 saturated carbocycles. The maximum Gasteiger partial charge on any atom is 0.262 e. The Labute approximate surface area is 212 Å². The van der Waals surface area contributed by atoms with Gasteiger partial charge in [-0.15, -0.1) is 10.2 Å². The molecule has 3 N–H and O–H groups in total. The summed E-state index contributed by atoms with van der Waals surface area (Å²) in [5.74, 6) is 0.334. The van der Waals surface area contributed by atoms with Crippen LogP contribution in [0.15, 0.2) is 62.8 Å². The zero-order chi connectivity index (χ0) is 24.7. The van der Waals surface area contributed by atoms with E-state index in [0.29, 0.717) is 34.0 Å². The van der Waals surface area contributed by atoms with Crippen LogP contribution in [0.3, 0.4) is 0 Å². The van der Waals surface area contributed by atoms with Crippen molar-refractivity contribution >= 4 is 61.4 Å². The molecule has 1 amide bonds. The van der Waals surface area contributed by atoms with E-state index in [1.54, 1.807) is 12.1 Å². The number of nitrogens with zero attached hydrogens (tertiary/aromatic N) is 3. The SMILES string of the molecule is Cc1ccc(Nc2nnc(SCC(=O)Nc3cccc(S(=O)(=O)NC4=NCCCCC4)c3)s2)cc1. The number of amidine groups is 1. The number of aryl methyl sites for hydroxylation is 1. The topological polar surface area (TPSA) is 125 Å². The van der Waals surface area contributed by atoms with E-state index in [9.17, 15) is 13.2 Å². The van der Waals surface area contributed by atoms with Gasteiger partial charge in [-0.1, -0.05) is 53.3 Å². The fourth-order valence-electron chi connectivity index (χ4n) is 3.32. The van der Waals surface area contributed by atoms with Crippen molar-refractivity contribution in [2.75, 3.05) is 22.9 Å². The third kappa shape index (κ3) is 7.51. The van der Waals surface area contributed by atoms with Gasteiger partial charge in [-0.05, 0) is 50.1 Å². The number of carbonyl (C=O) groups excluding carboxylic acids is 1. The number of thioether (sulfide) groups is 1. The second-order valence-electron chi connectivity index (χ2n) is 7.97. The van der Waals surface area contributed by atoms with Crippen LogP contribution in [0.25, 0.3) is 0 Å². The Balaban J connectivity index is 1.31. The van der Waals surface area contributed by atoms with E-state index in [4.69, 9.17) is 0 Å². The van der Waals surface area contributed by atoms with E-state index < -0.39 is 10.0 Å². The third-order valence-electron chi connectivity index (χ3n) is 5.09. The summed E-state index contributed by atoms with van der Waals surface area (Å²) in [7, 11) is -3.78. The molecule has 0 aliphatic carbocycles. The summed E-state index contributed by atoms with van der Waals surface area (Å²) in [6, 6.07) is 14.1. The second kappa shape index (κ2) is 11.6. The van der Waals surface area contributed by atoms with Crippen molar-refractivity contribution in [3.8, 4) is 0 Å². The monoisotopic (exact) mass is 530 g/mol. The Bertz CT molecular complexity index is 1310. The molecule has 3 aromatic rings. The molecule has 9 nitrogen and oxygen atoms in total. The molecule has 0 fully saturated rings. The molecule has 35 heavy (non-hydrogen) atoms. The summed E-state index contributed by atoms with van der Waals surface area (Å²) >= 11 is 2.62. The fourth-order valence-corrected chi connectivity index (χ4v) is 6.02. The molecule has 0 radical (unpaired) electrons. The largest absolute Gasteiger partial charge is 0.330 e. The normalized spacial score (nSPS) is 14.0. The van der Waals surface area contributed by atoms with Crippen LogP contribution in [0.2, 0.25) is 0 Å². The lowest BCUT2D eigenvalue weighted by Gasteiger charge is -2.11. The first-order valence-corrected chi connectivity index (χ1v) is 14.4. The van der Waals surface area contributed by atoms with E-state index in [2.05, 4.69) is 30.5 Å². The number of amides is 1.